The normalized spacial score (nSPS) is 18.9. The van der Waals surface area contributed by atoms with Gasteiger partial charge in [-0.05, 0) is 37.6 Å². The molecule has 0 radical (unpaired) electrons. The SMILES string of the molecule is O=C(NCc1nc2ccc(Cl)cc2[nH]1)C1CCCN1. The van der Waals surface area contributed by atoms with Crippen LogP contribution in [0.1, 0.15) is 18.7 Å². The maximum atomic E-state index is 11.9. The minimum Gasteiger partial charge on any atom is -0.348 e. The van der Waals surface area contributed by atoms with Crippen LogP contribution in [-0.2, 0) is 11.3 Å². The fraction of sp³-hybridized carbons (Fsp3) is 0.385. The van der Waals surface area contributed by atoms with Gasteiger partial charge in [0.1, 0.15) is 5.82 Å². The third-order valence-electron chi connectivity index (χ3n) is 3.30. The van der Waals surface area contributed by atoms with E-state index in [2.05, 4.69) is 20.6 Å². The lowest BCUT2D eigenvalue weighted by Crippen LogP contribution is -2.40. The molecule has 5 nitrogen and oxygen atoms in total. The summed E-state index contributed by atoms with van der Waals surface area (Å²) in [5.74, 6) is 0.777. The molecule has 1 aliphatic rings. The molecule has 0 bridgehead atoms. The van der Waals surface area contributed by atoms with Crippen molar-refractivity contribution in [1.82, 2.24) is 20.6 Å². The Morgan fingerprint density at radius 2 is 2.42 bits per heavy atom. The van der Waals surface area contributed by atoms with E-state index in [0.717, 1.165) is 36.2 Å². The van der Waals surface area contributed by atoms with E-state index in [-0.39, 0.29) is 11.9 Å². The third-order valence-corrected chi connectivity index (χ3v) is 3.53. The van der Waals surface area contributed by atoms with Crippen molar-refractivity contribution in [3.05, 3.63) is 29.0 Å². The number of hydrogen-bond donors (Lipinski definition) is 3. The highest BCUT2D eigenvalue weighted by Crippen LogP contribution is 2.17. The Morgan fingerprint density at radius 3 is 3.21 bits per heavy atom. The van der Waals surface area contributed by atoms with Crippen molar-refractivity contribution in [2.45, 2.75) is 25.4 Å². The van der Waals surface area contributed by atoms with Crippen molar-refractivity contribution in [2.75, 3.05) is 6.54 Å². The van der Waals surface area contributed by atoms with Crippen LogP contribution < -0.4 is 10.6 Å². The minimum atomic E-state index is -0.0566. The monoisotopic (exact) mass is 278 g/mol. The van der Waals surface area contributed by atoms with Gasteiger partial charge < -0.3 is 15.6 Å². The molecule has 6 heteroatoms. The number of aromatic amines is 1. The summed E-state index contributed by atoms with van der Waals surface area (Å²) in [6, 6.07) is 5.43. The molecule has 1 fully saturated rings. The third kappa shape index (κ3) is 2.72. The average Bonchev–Trinajstić information content (AvgIpc) is 3.04. The Labute approximate surface area is 115 Å². The van der Waals surface area contributed by atoms with Gasteiger partial charge >= 0.3 is 0 Å². The molecular formula is C13H15ClN4O. The van der Waals surface area contributed by atoms with Gasteiger partial charge in [0.05, 0.1) is 23.6 Å². The number of rotatable bonds is 3. The van der Waals surface area contributed by atoms with Gasteiger partial charge in [-0.2, -0.15) is 0 Å². The maximum absolute atomic E-state index is 11.9. The molecule has 1 atom stereocenters. The second kappa shape index (κ2) is 5.19. The van der Waals surface area contributed by atoms with Gasteiger partial charge in [-0.15, -0.1) is 0 Å². The van der Waals surface area contributed by atoms with E-state index in [9.17, 15) is 4.79 Å². The number of halogens is 1. The first-order valence-electron chi connectivity index (χ1n) is 6.37. The summed E-state index contributed by atoms with van der Waals surface area (Å²) in [6.45, 7) is 1.32. The Kier molecular flexibility index (Phi) is 3.40. The number of nitrogens with one attached hydrogen (secondary N) is 3. The molecule has 3 rings (SSSR count). The number of aromatic nitrogens is 2. The molecule has 1 aromatic carbocycles. The van der Waals surface area contributed by atoms with Crippen LogP contribution in [0.25, 0.3) is 11.0 Å². The van der Waals surface area contributed by atoms with E-state index in [0.29, 0.717) is 11.6 Å². The summed E-state index contributed by atoms with van der Waals surface area (Å²) >= 11 is 5.92. The quantitative estimate of drug-likeness (QED) is 0.798. The van der Waals surface area contributed by atoms with Crippen molar-refractivity contribution in [3.63, 3.8) is 0 Å². The largest absolute Gasteiger partial charge is 0.348 e. The van der Waals surface area contributed by atoms with E-state index in [1.54, 1.807) is 6.07 Å². The Hall–Kier alpha value is -1.59. The highest BCUT2D eigenvalue weighted by molar-refractivity contribution is 6.31. The number of H-pyrrole nitrogens is 1. The molecule has 1 aromatic heterocycles. The zero-order valence-electron chi connectivity index (χ0n) is 10.4. The molecule has 100 valence electrons. The lowest BCUT2D eigenvalue weighted by Gasteiger charge is -2.09. The molecule has 1 aliphatic heterocycles. The van der Waals surface area contributed by atoms with E-state index < -0.39 is 0 Å². The van der Waals surface area contributed by atoms with Crippen LogP contribution in [0.5, 0.6) is 0 Å². The van der Waals surface area contributed by atoms with Gasteiger partial charge in [-0.1, -0.05) is 11.6 Å². The fourth-order valence-corrected chi connectivity index (χ4v) is 2.49. The second-order valence-electron chi connectivity index (χ2n) is 4.71. The van der Waals surface area contributed by atoms with Crippen LogP contribution in [0.15, 0.2) is 18.2 Å². The maximum Gasteiger partial charge on any atom is 0.237 e. The summed E-state index contributed by atoms with van der Waals surface area (Å²) in [7, 11) is 0. The number of fused-ring (bicyclic) bond motifs is 1. The Morgan fingerprint density at radius 1 is 1.53 bits per heavy atom. The predicted molar refractivity (Wildman–Crippen MR) is 74.0 cm³/mol. The molecule has 0 spiro atoms. The lowest BCUT2D eigenvalue weighted by molar-refractivity contribution is -0.122. The summed E-state index contributed by atoms with van der Waals surface area (Å²) in [5.41, 5.74) is 1.74. The molecule has 2 heterocycles. The number of hydrogen-bond acceptors (Lipinski definition) is 3. The van der Waals surface area contributed by atoms with Crippen LogP contribution in [0.4, 0.5) is 0 Å². The average molecular weight is 279 g/mol. The Bertz CT molecular complexity index is 604. The van der Waals surface area contributed by atoms with Crippen molar-refractivity contribution in [2.24, 2.45) is 0 Å². The van der Waals surface area contributed by atoms with Gasteiger partial charge in [0.25, 0.3) is 0 Å². The summed E-state index contributed by atoms with van der Waals surface area (Å²) in [6.07, 6.45) is 1.96. The van der Waals surface area contributed by atoms with Gasteiger partial charge in [0.2, 0.25) is 5.91 Å². The standard InChI is InChI=1S/C13H15ClN4O/c14-8-3-4-9-11(6-8)18-12(17-9)7-16-13(19)10-2-1-5-15-10/h3-4,6,10,15H,1-2,5,7H2,(H,16,19)(H,17,18). The predicted octanol–water partition coefficient (Wildman–Crippen LogP) is 1.58. The summed E-state index contributed by atoms with van der Waals surface area (Å²) < 4.78 is 0. The molecule has 1 amide bonds. The van der Waals surface area contributed by atoms with Gasteiger partial charge in [0, 0.05) is 5.02 Å². The van der Waals surface area contributed by atoms with Gasteiger partial charge in [-0.3, -0.25) is 4.79 Å². The van der Waals surface area contributed by atoms with Gasteiger partial charge in [0.15, 0.2) is 0 Å². The van der Waals surface area contributed by atoms with Crippen molar-refractivity contribution in [1.29, 1.82) is 0 Å². The second-order valence-corrected chi connectivity index (χ2v) is 5.15. The topological polar surface area (TPSA) is 69.8 Å². The number of benzene rings is 1. The van der Waals surface area contributed by atoms with Crippen LogP contribution >= 0.6 is 11.6 Å². The number of nitrogens with zero attached hydrogens (tertiary/aromatic N) is 1. The first kappa shape index (κ1) is 12.4. The van der Waals surface area contributed by atoms with Crippen molar-refractivity contribution in [3.8, 4) is 0 Å². The fourth-order valence-electron chi connectivity index (χ4n) is 2.32. The molecule has 0 saturated carbocycles. The summed E-state index contributed by atoms with van der Waals surface area (Å²) in [4.78, 5) is 19.4. The molecule has 19 heavy (non-hydrogen) atoms. The van der Waals surface area contributed by atoms with Crippen LogP contribution in [-0.4, -0.2) is 28.5 Å². The summed E-state index contributed by atoms with van der Waals surface area (Å²) in [5, 5.41) is 6.72. The van der Waals surface area contributed by atoms with Crippen LogP contribution in [0.2, 0.25) is 5.02 Å². The Balaban J connectivity index is 1.66. The molecule has 0 aliphatic carbocycles. The zero-order valence-corrected chi connectivity index (χ0v) is 11.1. The van der Waals surface area contributed by atoms with E-state index in [4.69, 9.17) is 11.6 Å². The number of amides is 1. The van der Waals surface area contributed by atoms with Gasteiger partial charge in [-0.25, -0.2) is 4.98 Å². The molecule has 3 N–H and O–H groups in total. The first-order valence-corrected chi connectivity index (χ1v) is 6.75. The molecule has 2 aromatic rings. The number of imidazole rings is 1. The van der Waals surface area contributed by atoms with Crippen LogP contribution in [0.3, 0.4) is 0 Å². The van der Waals surface area contributed by atoms with Crippen molar-refractivity contribution >= 4 is 28.5 Å². The highest BCUT2D eigenvalue weighted by Gasteiger charge is 2.21. The number of carbonyl (C=O) groups is 1. The number of carbonyl (C=O) groups excluding carboxylic acids is 1. The van der Waals surface area contributed by atoms with E-state index in [1.807, 2.05) is 12.1 Å². The van der Waals surface area contributed by atoms with E-state index in [1.165, 1.54) is 0 Å². The smallest absolute Gasteiger partial charge is 0.237 e. The van der Waals surface area contributed by atoms with Crippen molar-refractivity contribution < 1.29 is 4.79 Å². The zero-order chi connectivity index (χ0) is 13.2. The molecular weight excluding hydrogens is 264 g/mol. The lowest BCUT2D eigenvalue weighted by atomic mass is 10.2. The molecule has 1 unspecified atom stereocenters. The highest BCUT2D eigenvalue weighted by atomic mass is 35.5. The van der Waals surface area contributed by atoms with Crippen LogP contribution in [0, 0.1) is 0 Å². The first-order chi connectivity index (χ1) is 9.22. The molecule has 1 saturated heterocycles. The minimum absolute atomic E-state index is 0.0380. The van der Waals surface area contributed by atoms with E-state index >= 15 is 0 Å².